The van der Waals surface area contributed by atoms with E-state index >= 15 is 0 Å². The number of esters is 1. The minimum Gasteiger partial charge on any atom is -0.497 e. The van der Waals surface area contributed by atoms with E-state index in [1.165, 1.54) is 7.11 Å². The van der Waals surface area contributed by atoms with E-state index in [0.717, 1.165) is 12.8 Å². The molecule has 0 heterocycles. The second kappa shape index (κ2) is 7.44. The predicted octanol–water partition coefficient (Wildman–Crippen LogP) is 0.247. The van der Waals surface area contributed by atoms with E-state index in [9.17, 15) is 14.4 Å². The molecule has 0 bridgehead atoms. The fourth-order valence-electron chi connectivity index (χ4n) is 1.69. The summed E-state index contributed by atoms with van der Waals surface area (Å²) < 4.78 is 9.76. The van der Waals surface area contributed by atoms with Gasteiger partial charge in [0.15, 0.2) is 6.61 Å². The van der Waals surface area contributed by atoms with Crippen LogP contribution in [0.2, 0.25) is 0 Å². The van der Waals surface area contributed by atoms with Crippen LogP contribution < -0.4 is 15.4 Å². The number of carbonyl (C=O) groups is 3. The summed E-state index contributed by atoms with van der Waals surface area (Å²) >= 11 is 0. The van der Waals surface area contributed by atoms with Crippen molar-refractivity contribution in [3.8, 4) is 5.75 Å². The Balaban J connectivity index is 1.67. The van der Waals surface area contributed by atoms with Crippen molar-refractivity contribution in [2.45, 2.75) is 18.9 Å². The van der Waals surface area contributed by atoms with Gasteiger partial charge in [0.1, 0.15) is 12.3 Å². The quantitative estimate of drug-likeness (QED) is 0.704. The molecule has 22 heavy (non-hydrogen) atoms. The zero-order chi connectivity index (χ0) is 15.9. The molecule has 0 aliphatic heterocycles. The molecule has 1 fully saturated rings. The number of hydrogen-bond donors (Lipinski definition) is 2. The molecule has 1 saturated carbocycles. The molecule has 1 aromatic carbocycles. The molecule has 0 saturated heterocycles. The summed E-state index contributed by atoms with van der Waals surface area (Å²) in [4.78, 5) is 34.6. The van der Waals surface area contributed by atoms with Crippen LogP contribution in [-0.4, -0.2) is 44.1 Å². The standard InChI is InChI=1S/C15H18N2O5/c1-21-12-6-2-10(3-7-12)15(20)16-8-14(19)22-9-13(18)17-11-4-5-11/h2-3,6-7,11H,4-5,8-9H2,1H3,(H,16,20)(H,17,18). The molecular weight excluding hydrogens is 288 g/mol. The van der Waals surface area contributed by atoms with Gasteiger partial charge in [-0.3, -0.25) is 14.4 Å². The molecule has 1 aliphatic carbocycles. The van der Waals surface area contributed by atoms with Gasteiger partial charge in [-0.1, -0.05) is 0 Å². The number of rotatable bonds is 7. The van der Waals surface area contributed by atoms with Crippen molar-refractivity contribution < 1.29 is 23.9 Å². The molecule has 0 unspecified atom stereocenters. The fraction of sp³-hybridized carbons (Fsp3) is 0.400. The number of carbonyl (C=O) groups excluding carboxylic acids is 3. The number of amides is 2. The van der Waals surface area contributed by atoms with E-state index in [2.05, 4.69) is 10.6 Å². The van der Waals surface area contributed by atoms with E-state index in [1.807, 2.05) is 0 Å². The van der Waals surface area contributed by atoms with Gasteiger partial charge >= 0.3 is 5.97 Å². The van der Waals surface area contributed by atoms with E-state index in [1.54, 1.807) is 24.3 Å². The largest absolute Gasteiger partial charge is 0.497 e. The van der Waals surface area contributed by atoms with Gasteiger partial charge in [-0.2, -0.15) is 0 Å². The number of hydrogen-bond acceptors (Lipinski definition) is 5. The first-order chi connectivity index (χ1) is 10.6. The molecule has 118 valence electrons. The van der Waals surface area contributed by atoms with Gasteiger partial charge in [-0.25, -0.2) is 0 Å². The maximum absolute atomic E-state index is 11.8. The summed E-state index contributed by atoms with van der Waals surface area (Å²) in [5.74, 6) is -0.746. The van der Waals surface area contributed by atoms with E-state index < -0.39 is 11.9 Å². The van der Waals surface area contributed by atoms with Crippen LogP contribution in [0.1, 0.15) is 23.2 Å². The summed E-state index contributed by atoms with van der Waals surface area (Å²) in [6.45, 7) is -0.616. The van der Waals surface area contributed by atoms with Crippen LogP contribution in [0.4, 0.5) is 0 Å². The van der Waals surface area contributed by atoms with E-state index in [0.29, 0.717) is 11.3 Å². The Morgan fingerprint density at radius 2 is 1.86 bits per heavy atom. The Morgan fingerprint density at radius 1 is 1.18 bits per heavy atom. The third-order valence-corrected chi connectivity index (χ3v) is 3.05. The van der Waals surface area contributed by atoms with Crippen molar-refractivity contribution in [3.05, 3.63) is 29.8 Å². The summed E-state index contributed by atoms with van der Waals surface area (Å²) in [5, 5.41) is 5.12. The first-order valence-corrected chi connectivity index (χ1v) is 6.95. The zero-order valence-corrected chi connectivity index (χ0v) is 12.3. The maximum Gasteiger partial charge on any atom is 0.325 e. The third-order valence-electron chi connectivity index (χ3n) is 3.05. The number of nitrogens with one attached hydrogen (secondary N) is 2. The van der Waals surface area contributed by atoms with Crippen LogP contribution in [-0.2, 0) is 14.3 Å². The zero-order valence-electron chi connectivity index (χ0n) is 12.3. The summed E-state index contributed by atoms with van der Waals surface area (Å²) in [6.07, 6.45) is 1.94. The van der Waals surface area contributed by atoms with Crippen molar-refractivity contribution in [2.24, 2.45) is 0 Å². The molecule has 0 radical (unpaired) electrons. The molecule has 0 atom stereocenters. The summed E-state index contributed by atoms with van der Waals surface area (Å²) in [5.41, 5.74) is 0.403. The van der Waals surface area contributed by atoms with Crippen LogP contribution in [0, 0.1) is 0 Å². The Morgan fingerprint density at radius 3 is 2.45 bits per heavy atom. The molecule has 2 N–H and O–H groups in total. The van der Waals surface area contributed by atoms with Crippen LogP contribution in [0.25, 0.3) is 0 Å². The van der Waals surface area contributed by atoms with Gasteiger partial charge in [0, 0.05) is 11.6 Å². The van der Waals surface area contributed by atoms with Gasteiger partial charge in [-0.05, 0) is 37.1 Å². The van der Waals surface area contributed by atoms with Crippen LogP contribution >= 0.6 is 0 Å². The maximum atomic E-state index is 11.8. The average molecular weight is 306 g/mol. The minimum absolute atomic E-state index is 0.223. The number of benzene rings is 1. The monoisotopic (exact) mass is 306 g/mol. The molecule has 1 aromatic rings. The lowest BCUT2D eigenvalue weighted by Crippen LogP contribution is -2.34. The highest BCUT2D eigenvalue weighted by atomic mass is 16.5. The van der Waals surface area contributed by atoms with Crippen molar-refractivity contribution in [1.29, 1.82) is 0 Å². The Kier molecular flexibility index (Phi) is 5.35. The molecule has 7 heteroatoms. The predicted molar refractivity (Wildman–Crippen MR) is 77.5 cm³/mol. The number of ether oxygens (including phenoxy) is 2. The molecule has 2 amide bonds. The second-order valence-corrected chi connectivity index (χ2v) is 4.91. The average Bonchev–Trinajstić information content (AvgIpc) is 3.34. The lowest BCUT2D eigenvalue weighted by Gasteiger charge is -2.07. The van der Waals surface area contributed by atoms with Crippen molar-refractivity contribution in [3.63, 3.8) is 0 Å². The van der Waals surface area contributed by atoms with E-state index in [4.69, 9.17) is 9.47 Å². The first-order valence-electron chi connectivity index (χ1n) is 6.95. The Bertz CT molecular complexity index is 552. The molecule has 1 aliphatic rings. The van der Waals surface area contributed by atoms with Gasteiger partial charge < -0.3 is 20.1 Å². The van der Waals surface area contributed by atoms with Crippen LogP contribution in [0.15, 0.2) is 24.3 Å². The van der Waals surface area contributed by atoms with Crippen LogP contribution in [0.5, 0.6) is 5.75 Å². The summed E-state index contributed by atoms with van der Waals surface area (Å²) in [6, 6.07) is 6.69. The van der Waals surface area contributed by atoms with Gasteiger partial charge in [0.2, 0.25) is 0 Å². The Hall–Kier alpha value is -2.57. The highest BCUT2D eigenvalue weighted by Gasteiger charge is 2.23. The van der Waals surface area contributed by atoms with Crippen molar-refractivity contribution in [1.82, 2.24) is 10.6 Å². The molecular formula is C15H18N2O5. The van der Waals surface area contributed by atoms with Crippen LogP contribution in [0.3, 0.4) is 0 Å². The van der Waals surface area contributed by atoms with Gasteiger partial charge in [0.05, 0.1) is 7.11 Å². The van der Waals surface area contributed by atoms with Crippen molar-refractivity contribution >= 4 is 17.8 Å². The van der Waals surface area contributed by atoms with Crippen molar-refractivity contribution in [2.75, 3.05) is 20.3 Å². The van der Waals surface area contributed by atoms with E-state index in [-0.39, 0.29) is 25.1 Å². The molecule has 0 spiro atoms. The Labute approximate surface area is 128 Å². The smallest absolute Gasteiger partial charge is 0.325 e. The van der Waals surface area contributed by atoms with Gasteiger partial charge in [0.25, 0.3) is 11.8 Å². The summed E-state index contributed by atoms with van der Waals surface area (Å²) in [7, 11) is 1.53. The molecule has 0 aromatic heterocycles. The first kappa shape index (κ1) is 15.8. The topological polar surface area (TPSA) is 93.7 Å². The lowest BCUT2D eigenvalue weighted by molar-refractivity contribution is -0.147. The number of methoxy groups -OCH3 is 1. The minimum atomic E-state index is -0.659. The molecule has 2 rings (SSSR count). The third kappa shape index (κ3) is 5.08. The SMILES string of the molecule is COc1ccc(C(=O)NCC(=O)OCC(=O)NC2CC2)cc1. The normalized spacial score (nSPS) is 13.1. The highest BCUT2D eigenvalue weighted by Crippen LogP contribution is 2.18. The highest BCUT2D eigenvalue weighted by molar-refractivity contribution is 5.96. The molecule has 7 nitrogen and oxygen atoms in total. The second-order valence-electron chi connectivity index (χ2n) is 4.91. The van der Waals surface area contributed by atoms with Gasteiger partial charge in [-0.15, -0.1) is 0 Å². The fourth-order valence-corrected chi connectivity index (χ4v) is 1.69. The lowest BCUT2D eigenvalue weighted by atomic mass is 10.2.